The third kappa shape index (κ3) is 6.13. The lowest BCUT2D eigenvalue weighted by atomic mass is 10.0. The summed E-state index contributed by atoms with van der Waals surface area (Å²) in [5, 5.41) is 2.94. The number of carbonyl (C=O) groups excluding carboxylic acids is 2. The molecule has 3 aromatic carbocycles. The Morgan fingerprint density at radius 3 is 2.00 bits per heavy atom. The van der Waals surface area contributed by atoms with Crippen LogP contribution in [0.25, 0.3) is 0 Å². The molecule has 0 aromatic heterocycles. The minimum atomic E-state index is -0.333. The largest absolute Gasteiger partial charge is 0.465 e. The fraction of sp³-hybridized carbons (Fsp3) is 0.259. The van der Waals surface area contributed by atoms with Crippen molar-refractivity contribution >= 4 is 28.9 Å². The summed E-state index contributed by atoms with van der Waals surface area (Å²) < 4.78 is 4.73. The molecule has 6 nitrogen and oxygen atoms in total. The molecule has 0 fully saturated rings. The highest BCUT2D eigenvalue weighted by Gasteiger charge is 2.13. The lowest BCUT2D eigenvalue weighted by Crippen LogP contribution is -2.23. The van der Waals surface area contributed by atoms with Gasteiger partial charge in [-0.1, -0.05) is 24.3 Å². The van der Waals surface area contributed by atoms with Gasteiger partial charge >= 0.3 is 5.97 Å². The lowest BCUT2D eigenvalue weighted by molar-refractivity contribution is 0.0600. The summed E-state index contributed by atoms with van der Waals surface area (Å²) in [5.41, 5.74) is 11.6. The number of hydrogen-bond acceptors (Lipinski definition) is 5. The zero-order valence-electron chi connectivity index (χ0n) is 19.4. The number of aryl methyl sites for hydroxylation is 2. The van der Waals surface area contributed by atoms with Crippen molar-refractivity contribution in [1.82, 2.24) is 0 Å². The number of nitrogens with two attached hydrogens (primary N) is 1. The second kappa shape index (κ2) is 11.2. The number of hydrogen-bond donors (Lipinski definition) is 2. The van der Waals surface area contributed by atoms with Gasteiger partial charge in [0.2, 0.25) is 0 Å². The Morgan fingerprint density at radius 2 is 1.45 bits per heavy atom. The summed E-state index contributed by atoms with van der Waals surface area (Å²) in [5.74, 6) is -0.555. The van der Waals surface area contributed by atoms with Crippen LogP contribution in [0.3, 0.4) is 0 Å². The van der Waals surface area contributed by atoms with E-state index in [1.165, 1.54) is 7.11 Å². The van der Waals surface area contributed by atoms with Gasteiger partial charge in [-0.25, -0.2) is 4.79 Å². The van der Waals surface area contributed by atoms with E-state index < -0.39 is 0 Å². The fourth-order valence-corrected chi connectivity index (χ4v) is 3.69. The summed E-state index contributed by atoms with van der Waals surface area (Å²) in [4.78, 5) is 26.5. The van der Waals surface area contributed by atoms with Crippen molar-refractivity contribution in [3.8, 4) is 0 Å². The van der Waals surface area contributed by atoms with E-state index >= 15 is 0 Å². The monoisotopic (exact) mass is 445 g/mol. The Balaban J connectivity index is 1.61. The first-order valence-electron chi connectivity index (χ1n) is 11.2. The van der Waals surface area contributed by atoms with E-state index in [2.05, 4.69) is 24.1 Å². The van der Waals surface area contributed by atoms with Gasteiger partial charge in [0.05, 0.1) is 18.2 Å². The zero-order chi connectivity index (χ0) is 23.8. The van der Waals surface area contributed by atoms with E-state index in [1.54, 1.807) is 18.2 Å². The van der Waals surface area contributed by atoms with Crippen LogP contribution >= 0.6 is 0 Å². The molecule has 0 aliphatic heterocycles. The molecule has 3 N–H and O–H groups in total. The number of anilines is 3. The van der Waals surface area contributed by atoms with Gasteiger partial charge in [0.15, 0.2) is 0 Å². The Morgan fingerprint density at radius 1 is 0.879 bits per heavy atom. The average Bonchev–Trinajstić information content (AvgIpc) is 2.85. The summed E-state index contributed by atoms with van der Waals surface area (Å²) in [7, 11) is 1.38. The number of carbonyl (C=O) groups is 2. The predicted molar refractivity (Wildman–Crippen MR) is 134 cm³/mol. The van der Waals surface area contributed by atoms with E-state index in [0.29, 0.717) is 16.8 Å². The highest BCUT2D eigenvalue weighted by Crippen LogP contribution is 2.23. The number of benzene rings is 3. The normalized spacial score (nSPS) is 10.5. The molecule has 6 heteroatoms. The van der Waals surface area contributed by atoms with Gasteiger partial charge in [-0.05, 0) is 80.3 Å². The van der Waals surface area contributed by atoms with Crippen LogP contribution in [0.1, 0.15) is 45.7 Å². The molecule has 0 saturated carbocycles. The Hall–Kier alpha value is -3.80. The highest BCUT2D eigenvalue weighted by molar-refractivity contribution is 6.08. The molecule has 33 heavy (non-hydrogen) atoms. The van der Waals surface area contributed by atoms with E-state index in [1.807, 2.05) is 48.5 Å². The summed E-state index contributed by atoms with van der Waals surface area (Å²) >= 11 is 0. The molecule has 172 valence electrons. The van der Waals surface area contributed by atoms with Crippen LogP contribution in [0.5, 0.6) is 0 Å². The van der Waals surface area contributed by atoms with Gasteiger partial charge in [0.1, 0.15) is 0 Å². The van der Waals surface area contributed by atoms with Gasteiger partial charge in [-0.2, -0.15) is 0 Å². The van der Waals surface area contributed by atoms with Crippen molar-refractivity contribution in [1.29, 1.82) is 0 Å². The summed E-state index contributed by atoms with van der Waals surface area (Å²) in [6, 6.07) is 20.8. The number of esters is 1. The number of nitrogens with one attached hydrogen (secondary N) is 1. The molecule has 3 rings (SSSR count). The molecule has 0 spiro atoms. The second-order valence-electron chi connectivity index (χ2n) is 7.78. The van der Waals surface area contributed by atoms with E-state index in [4.69, 9.17) is 10.5 Å². The minimum Gasteiger partial charge on any atom is -0.465 e. The maximum Gasteiger partial charge on any atom is 0.337 e. The molecule has 0 unspecified atom stereocenters. The Kier molecular flexibility index (Phi) is 8.08. The SMILES string of the molecule is CCN(CC)c1ccc(N)c(C(=O)Nc2ccc(CCc3ccc(C(=O)OC)cc3)cc2)c1. The van der Waals surface area contributed by atoms with Crippen molar-refractivity contribution in [2.24, 2.45) is 0 Å². The predicted octanol–water partition coefficient (Wildman–Crippen LogP) is 4.94. The van der Waals surface area contributed by atoms with Crippen LogP contribution in [-0.2, 0) is 17.6 Å². The smallest absolute Gasteiger partial charge is 0.337 e. The van der Waals surface area contributed by atoms with Crippen molar-refractivity contribution in [3.05, 3.63) is 89.0 Å². The molecule has 0 radical (unpaired) electrons. The van der Waals surface area contributed by atoms with Crippen molar-refractivity contribution < 1.29 is 14.3 Å². The lowest BCUT2D eigenvalue weighted by Gasteiger charge is -2.22. The van der Waals surface area contributed by atoms with Gasteiger partial charge in [0, 0.05) is 30.2 Å². The molecule has 3 aromatic rings. The third-order valence-electron chi connectivity index (χ3n) is 5.70. The number of rotatable bonds is 9. The van der Waals surface area contributed by atoms with Gasteiger partial charge in [0.25, 0.3) is 5.91 Å². The number of nitrogens with zero attached hydrogens (tertiary/aromatic N) is 1. The topological polar surface area (TPSA) is 84.7 Å². The van der Waals surface area contributed by atoms with E-state index in [-0.39, 0.29) is 11.9 Å². The van der Waals surface area contributed by atoms with Crippen LogP contribution in [0.15, 0.2) is 66.7 Å². The molecule has 0 aliphatic rings. The number of nitrogen functional groups attached to an aromatic ring is 1. The number of ether oxygens (including phenoxy) is 1. The van der Waals surface area contributed by atoms with Crippen molar-refractivity contribution in [3.63, 3.8) is 0 Å². The first-order valence-corrected chi connectivity index (χ1v) is 11.2. The maximum atomic E-state index is 12.8. The molecular weight excluding hydrogens is 414 g/mol. The first-order chi connectivity index (χ1) is 15.9. The molecule has 0 aliphatic carbocycles. The molecular formula is C27H31N3O3. The summed E-state index contributed by atoms with van der Waals surface area (Å²) in [6.07, 6.45) is 1.70. The third-order valence-corrected chi connectivity index (χ3v) is 5.70. The maximum absolute atomic E-state index is 12.8. The van der Waals surface area contributed by atoms with Crippen molar-refractivity contribution in [2.45, 2.75) is 26.7 Å². The van der Waals surface area contributed by atoms with Gasteiger partial charge in [-0.3, -0.25) is 4.79 Å². The summed E-state index contributed by atoms with van der Waals surface area (Å²) in [6.45, 7) is 5.88. The van der Waals surface area contributed by atoms with Crippen LogP contribution in [0.2, 0.25) is 0 Å². The average molecular weight is 446 g/mol. The standard InChI is InChI=1S/C27H31N3O3/c1-4-30(5-2)23-16-17-25(28)24(18-23)26(31)29-22-14-10-20(11-15-22)7-6-19-8-12-21(13-9-19)27(32)33-3/h8-18H,4-7,28H2,1-3H3,(H,29,31). The molecule has 0 heterocycles. The van der Waals surface area contributed by atoms with Crippen molar-refractivity contribution in [2.75, 3.05) is 36.1 Å². The molecule has 0 bridgehead atoms. The van der Waals surface area contributed by atoms with Gasteiger partial charge < -0.3 is 20.7 Å². The van der Waals surface area contributed by atoms with Crippen LogP contribution in [-0.4, -0.2) is 32.1 Å². The zero-order valence-corrected chi connectivity index (χ0v) is 19.4. The van der Waals surface area contributed by atoms with E-state index in [0.717, 1.165) is 48.4 Å². The Bertz CT molecular complexity index is 1090. The molecule has 0 saturated heterocycles. The van der Waals surface area contributed by atoms with Gasteiger partial charge in [-0.15, -0.1) is 0 Å². The highest BCUT2D eigenvalue weighted by atomic mass is 16.5. The number of methoxy groups -OCH3 is 1. The van der Waals surface area contributed by atoms with Crippen LogP contribution < -0.4 is 16.0 Å². The van der Waals surface area contributed by atoms with Crippen LogP contribution in [0, 0.1) is 0 Å². The fourth-order valence-electron chi connectivity index (χ4n) is 3.69. The van der Waals surface area contributed by atoms with Crippen LogP contribution in [0.4, 0.5) is 17.1 Å². The second-order valence-corrected chi connectivity index (χ2v) is 7.78. The molecule has 1 amide bonds. The quantitative estimate of drug-likeness (QED) is 0.360. The van der Waals surface area contributed by atoms with E-state index in [9.17, 15) is 9.59 Å². The number of amides is 1. The first kappa shape index (κ1) is 23.9. The molecule has 0 atom stereocenters. The Labute approximate surface area is 195 Å². The minimum absolute atomic E-state index is 0.222.